The molecule has 2 aromatic carbocycles. The largest absolute Gasteiger partial charge is 0.463 e. The first-order valence-corrected chi connectivity index (χ1v) is 9.61. The summed E-state index contributed by atoms with van der Waals surface area (Å²) >= 11 is 0. The quantitative estimate of drug-likeness (QED) is 0.243. The maximum Gasteiger partial charge on any atom is 0.330 e. The Morgan fingerprint density at radius 1 is 1.00 bits per heavy atom. The van der Waals surface area contributed by atoms with Crippen LogP contribution < -0.4 is 0 Å². The van der Waals surface area contributed by atoms with Crippen LogP contribution in [0.3, 0.4) is 0 Å². The molecule has 0 bridgehead atoms. The Bertz CT molecular complexity index is 1010. The summed E-state index contributed by atoms with van der Waals surface area (Å²) < 4.78 is 7.07. The van der Waals surface area contributed by atoms with Gasteiger partial charge in [-0.15, -0.1) is 0 Å². The molecule has 1 heterocycles. The molecule has 0 spiro atoms. The predicted octanol–water partition coefficient (Wildman–Crippen LogP) is 4.71. The fraction of sp³-hybridized carbons (Fsp3) is 0.208. The lowest BCUT2D eigenvalue weighted by atomic mass is 10.1. The molecule has 0 aliphatic heterocycles. The Morgan fingerprint density at radius 2 is 1.66 bits per heavy atom. The predicted molar refractivity (Wildman–Crippen MR) is 113 cm³/mol. The zero-order valence-electron chi connectivity index (χ0n) is 16.7. The standard InChI is InChI=1S/C24H24N2O3/c1-18-22(19(2)26(25-18)21-12-7-4-8-13-21)15-16-24(28)29-17-9-14-23(27)20-10-5-3-6-11-20/h3-8,10-13,15-16H,9,14,17H2,1-2H3/b16-15+. The second-order valence-corrected chi connectivity index (χ2v) is 6.73. The van der Waals surface area contributed by atoms with Crippen molar-refractivity contribution in [2.75, 3.05) is 6.61 Å². The molecule has 3 aromatic rings. The summed E-state index contributed by atoms with van der Waals surface area (Å²) in [6.45, 7) is 4.09. The van der Waals surface area contributed by atoms with Crippen LogP contribution in [0.15, 0.2) is 66.7 Å². The van der Waals surface area contributed by atoms with Crippen LogP contribution in [0.5, 0.6) is 0 Å². The zero-order chi connectivity index (χ0) is 20.6. The maximum atomic E-state index is 12.0. The van der Waals surface area contributed by atoms with Crippen molar-refractivity contribution in [1.82, 2.24) is 9.78 Å². The normalized spacial score (nSPS) is 11.0. The molecule has 0 fully saturated rings. The Morgan fingerprint density at radius 3 is 2.34 bits per heavy atom. The Balaban J connectivity index is 1.52. The van der Waals surface area contributed by atoms with Crippen LogP contribution in [0.4, 0.5) is 0 Å². The summed E-state index contributed by atoms with van der Waals surface area (Å²) in [6, 6.07) is 19.0. The third kappa shape index (κ3) is 5.29. The van der Waals surface area contributed by atoms with E-state index in [1.807, 2.05) is 67.1 Å². The number of benzene rings is 2. The number of esters is 1. The number of nitrogens with zero attached hydrogens (tertiary/aromatic N) is 2. The molecule has 0 aliphatic rings. The van der Waals surface area contributed by atoms with E-state index < -0.39 is 5.97 Å². The molecule has 0 unspecified atom stereocenters. The third-order valence-corrected chi connectivity index (χ3v) is 4.62. The van der Waals surface area contributed by atoms with Crippen molar-refractivity contribution in [3.8, 4) is 5.69 Å². The molecule has 5 nitrogen and oxygen atoms in total. The minimum atomic E-state index is -0.427. The number of hydrogen-bond acceptors (Lipinski definition) is 4. The van der Waals surface area contributed by atoms with Crippen LogP contribution in [0.1, 0.15) is 40.2 Å². The molecule has 0 aliphatic carbocycles. The summed E-state index contributed by atoms with van der Waals surface area (Å²) in [6.07, 6.45) is 3.99. The molecular weight excluding hydrogens is 364 g/mol. The molecule has 3 rings (SSSR count). The number of hydrogen-bond donors (Lipinski definition) is 0. The van der Waals surface area contributed by atoms with E-state index in [1.165, 1.54) is 6.08 Å². The summed E-state index contributed by atoms with van der Waals surface area (Å²) in [5.74, 6) is -0.375. The van der Waals surface area contributed by atoms with Crippen molar-refractivity contribution in [3.63, 3.8) is 0 Å². The summed E-state index contributed by atoms with van der Waals surface area (Å²) in [7, 11) is 0. The fourth-order valence-corrected chi connectivity index (χ4v) is 3.09. The number of Topliss-reactive ketones (excluding diaryl/α,β-unsaturated/α-hetero) is 1. The number of rotatable bonds is 8. The lowest BCUT2D eigenvalue weighted by Crippen LogP contribution is -2.05. The Kier molecular flexibility index (Phi) is 6.74. The van der Waals surface area contributed by atoms with Gasteiger partial charge in [0.2, 0.25) is 0 Å². The Hall–Kier alpha value is -3.47. The highest BCUT2D eigenvalue weighted by Crippen LogP contribution is 2.19. The highest BCUT2D eigenvalue weighted by Gasteiger charge is 2.11. The third-order valence-electron chi connectivity index (χ3n) is 4.62. The molecule has 1 aromatic heterocycles. The lowest BCUT2D eigenvalue weighted by Gasteiger charge is -2.04. The second-order valence-electron chi connectivity index (χ2n) is 6.73. The molecule has 0 saturated carbocycles. The average molecular weight is 388 g/mol. The van der Waals surface area contributed by atoms with E-state index in [0.717, 1.165) is 22.6 Å². The average Bonchev–Trinajstić information content (AvgIpc) is 3.04. The fourth-order valence-electron chi connectivity index (χ4n) is 3.09. The molecule has 5 heteroatoms. The number of carbonyl (C=O) groups excluding carboxylic acids is 2. The van der Waals surface area contributed by atoms with E-state index in [4.69, 9.17) is 4.74 Å². The number of para-hydroxylation sites is 1. The van der Waals surface area contributed by atoms with E-state index in [1.54, 1.807) is 18.2 Å². The lowest BCUT2D eigenvalue weighted by molar-refractivity contribution is -0.137. The molecular formula is C24H24N2O3. The van der Waals surface area contributed by atoms with Crippen LogP contribution >= 0.6 is 0 Å². The highest BCUT2D eigenvalue weighted by atomic mass is 16.5. The van der Waals surface area contributed by atoms with Crippen LogP contribution in [-0.2, 0) is 9.53 Å². The van der Waals surface area contributed by atoms with Gasteiger partial charge >= 0.3 is 5.97 Å². The van der Waals surface area contributed by atoms with Crippen LogP contribution in [-0.4, -0.2) is 28.1 Å². The van der Waals surface area contributed by atoms with Crippen LogP contribution in [0, 0.1) is 13.8 Å². The number of aromatic nitrogens is 2. The molecule has 148 valence electrons. The Labute approximate surface area is 170 Å². The van der Waals surface area contributed by atoms with Gasteiger partial charge in [0.05, 0.1) is 18.0 Å². The monoisotopic (exact) mass is 388 g/mol. The molecule has 0 N–H and O–H groups in total. The molecule has 0 saturated heterocycles. The van der Waals surface area contributed by atoms with E-state index in [9.17, 15) is 9.59 Å². The van der Waals surface area contributed by atoms with Gasteiger partial charge in [0.25, 0.3) is 0 Å². The number of ether oxygens (including phenoxy) is 1. The highest BCUT2D eigenvalue weighted by molar-refractivity contribution is 5.96. The second kappa shape index (κ2) is 9.64. The van der Waals surface area contributed by atoms with E-state index in [-0.39, 0.29) is 12.4 Å². The minimum Gasteiger partial charge on any atom is -0.463 e. The molecule has 0 amide bonds. The van der Waals surface area contributed by atoms with Gasteiger partial charge in [-0.05, 0) is 38.5 Å². The number of carbonyl (C=O) groups is 2. The van der Waals surface area contributed by atoms with Gasteiger partial charge in [-0.1, -0.05) is 48.5 Å². The van der Waals surface area contributed by atoms with Crippen molar-refractivity contribution in [2.45, 2.75) is 26.7 Å². The number of ketones is 1. The number of aryl methyl sites for hydroxylation is 1. The summed E-state index contributed by atoms with van der Waals surface area (Å²) in [5, 5.41) is 4.56. The first-order chi connectivity index (χ1) is 14.1. The van der Waals surface area contributed by atoms with Gasteiger partial charge in [0, 0.05) is 29.3 Å². The molecule has 29 heavy (non-hydrogen) atoms. The maximum absolute atomic E-state index is 12.0. The topological polar surface area (TPSA) is 61.2 Å². The van der Waals surface area contributed by atoms with Gasteiger partial charge in [-0.3, -0.25) is 4.79 Å². The summed E-state index contributed by atoms with van der Waals surface area (Å²) in [5.41, 5.74) is 4.33. The van der Waals surface area contributed by atoms with Crippen LogP contribution in [0.25, 0.3) is 11.8 Å². The zero-order valence-corrected chi connectivity index (χ0v) is 16.7. The van der Waals surface area contributed by atoms with Crippen LogP contribution in [0.2, 0.25) is 0 Å². The first-order valence-electron chi connectivity index (χ1n) is 9.61. The van der Waals surface area contributed by atoms with Gasteiger partial charge in [-0.25, -0.2) is 9.48 Å². The van der Waals surface area contributed by atoms with Gasteiger partial charge in [-0.2, -0.15) is 5.10 Å². The minimum absolute atomic E-state index is 0.0526. The van der Waals surface area contributed by atoms with Gasteiger partial charge < -0.3 is 4.74 Å². The van der Waals surface area contributed by atoms with Crippen molar-refractivity contribution in [2.24, 2.45) is 0 Å². The first kappa shape index (κ1) is 20.3. The van der Waals surface area contributed by atoms with Crippen molar-refractivity contribution in [3.05, 3.63) is 89.3 Å². The van der Waals surface area contributed by atoms with E-state index in [0.29, 0.717) is 18.4 Å². The SMILES string of the molecule is Cc1nn(-c2ccccc2)c(C)c1/C=C/C(=O)OCCCC(=O)c1ccccc1. The van der Waals surface area contributed by atoms with Gasteiger partial charge in [0.15, 0.2) is 5.78 Å². The summed E-state index contributed by atoms with van der Waals surface area (Å²) in [4.78, 5) is 24.0. The van der Waals surface area contributed by atoms with Gasteiger partial charge in [0.1, 0.15) is 0 Å². The smallest absolute Gasteiger partial charge is 0.330 e. The van der Waals surface area contributed by atoms with Crippen molar-refractivity contribution in [1.29, 1.82) is 0 Å². The van der Waals surface area contributed by atoms with E-state index in [2.05, 4.69) is 5.10 Å². The molecule has 0 atom stereocenters. The van der Waals surface area contributed by atoms with Crippen molar-refractivity contribution < 1.29 is 14.3 Å². The van der Waals surface area contributed by atoms with Crippen molar-refractivity contribution >= 4 is 17.8 Å². The van der Waals surface area contributed by atoms with E-state index >= 15 is 0 Å². The molecule has 0 radical (unpaired) electrons.